The largest absolute Gasteiger partial charge is 0.383 e. The lowest BCUT2D eigenvalue weighted by atomic mass is 10.2. The molecule has 1 aromatic heterocycles. The Morgan fingerprint density at radius 1 is 1.35 bits per heavy atom. The summed E-state index contributed by atoms with van der Waals surface area (Å²) in [7, 11) is -2.17. The highest BCUT2D eigenvalue weighted by Crippen LogP contribution is 2.29. The molecule has 0 unspecified atom stereocenters. The minimum absolute atomic E-state index is 0.0117. The normalized spacial score (nSPS) is 14.1. The SMILES string of the molecule is COCCn1c(CN(C(=S)NC(C)C)C2CC2)cnc1S(=O)(=O)Cc1ccc(F)cc1. The Bertz CT molecular complexity index is 1000. The maximum Gasteiger partial charge on any atom is 0.228 e. The second kappa shape index (κ2) is 10.1. The third kappa shape index (κ3) is 6.24. The topological polar surface area (TPSA) is 76.5 Å². The molecule has 1 aromatic carbocycles. The molecule has 1 N–H and O–H groups in total. The summed E-state index contributed by atoms with van der Waals surface area (Å²) in [4.78, 5) is 6.37. The standard InChI is InChI=1S/C21H29FN4O3S2/c1-15(2)24-20(30)26(18-8-9-18)13-19-12-23-21(25(19)10-11-29-3)31(27,28)14-16-4-6-17(22)7-5-16/h4-7,12,15,18H,8-11,13-14H2,1-3H3,(H,24,30). The first-order valence-electron chi connectivity index (χ1n) is 10.3. The van der Waals surface area contributed by atoms with Crippen LogP contribution in [0.15, 0.2) is 35.6 Å². The lowest BCUT2D eigenvalue weighted by molar-refractivity contribution is 0.182. The quantitative estimate of drug-likeness (QED) is 0.537. The Labute approximate surface area is 188 Å². The lowest BCUT2D eigenvalue weighted by Crippen LogP contribution is -2.43. The zero-order valence-electron chi connectivity index (χ0n) is 18.0. The zero-order chi connectivity index (χ0) is 22.6. The van der Waals surface area contributed by atoms with E-state index in [1.807, 2.05) is 13.8 Å². The minimum atomic E-state index is -3.74. The van der Waals surface area contributed by atoms with Crippen molar-refractivity contribution in [2.75, 3.05) is 13.7 Å². The van der Waals surface area contributed by atoms with Crippen LogP contribution >= 0.6 is 12.2 Å². The molecule has 170 valence electrons. The molecule has 7 nitrogen and oxygen atoms in total. The molecule has 0 amide bonds. The third-order valence-corrected chi connectivity index (χ3v) is 6.91. The van der Waals surface area contributed by atoms with Crippen molar-refractivity contribution in [1.29, 1.82) is 0 Å². The molecule has 10 heteroatoms. The van der Waals surface area contributed by atoms with Gasteiger partial charge < -0.3 is 19.5 Å². The van der Waals surface area contributed by atoms with Gasteiger partial charge in [-0.25, -0.2) is 17.8 Å². The fourth-order valence-electron chi connectivity index (χ4n) is 3.31. The number of aromatic nitrogens is 2. The molecule has 3 rings (SSSR count). The molecule has 1 heterocycles. The van der Waals surface area contributed by atoms with E-state index in [9.17, 15) is 12.8 Å². The van der Waals surface area contributed by atoms with E-state index in [0.29, 0.717) is 36.4 Å². The average Bonchev–Trinajstić information content (AvgIpc) is 3.45. The van der Waals surface area contributed by atoms with Crippen molar-refractivity contribution in [3.05, 3.63) is 47.5 Å². The highest BCUT2D eigenvalue weighted by atomic mass is 32.2. The zero-order valence-corrected chi connectivity index (χ0v) is 19.7. The Morgan fingerprint density at radius 2 is 2.03 bits per heavy atom. The molecule has 0 aliphatic heterocycles. The van der Waals surface area contributed by atoms with Crippen molar-refractivity contribution < 1.29 is 17.5 Å². The van der Waals surface area contributed by atoms with Gasteiger partial charge in [0, 0.05) is 25.7 Å². The number of nitrogens with zero attached hydrogens (tertiary/aromatic N) is 3. The van der Waals surface area contributed by atoms with Crippen LogP contribution in [0.4, 0.5) is 4.39 Å². The molecule has 0 saturated heterocycles. The van der Waals surface area contributed by atoms with E-state index in [1.54, 1.807) is 17.9 Å². The molecule has 1 fully saturated rings. The van der Waals surface area contributed by atoms with Crippen molar-refractivity contribution in [2.24, 2.45) is 0 Å². The second-order valence-electron chi connectivity index (χ2n) is 8.03. The predicted octanol–water partition coefficient (Wildman–Crippen LogP) is 2.89. The molecule has 1 saturated carbocycles. The van der Waals surface area contributed by atoms with Crippen LogP contribution in [0.1, 0.15) is 37.9 Å². The number of nitrogens with one attached hydrogen (secondary N) is 1. The number of hydrogen-bond acceptors (Lipinski definition) is 5. The van der Waals surface area contributed by atoms with Crippen molar-refractivity contribution in [2.45, 2.75) is 62.8 Å². The number of methoxy groups -OCH3 is 1. The Kier molecular flexibility index (Phi) is 7.66. The number of hydrogen-bond donors (Lipinski definition) is 1. The van der Waals surface area contributed by atoms with Crippen LogP contribution in [0, 0.1) is 5.82 Å². The Balaban J connectivity index is 1.88. The smallest absolute Gasteiger partial charge is 0.228 e. The monoisotopic (exact) mass is 468 g/mol. The summed E-state index contributed by atoms with van der Waals surface area (Å²) in [5.41, 5.74) is 1.26. The van der Waals surface area contributed by atoms with Gasteiger partial charge in [0.15, 0.2) is 5.11 Å². The van der Waals surface area contributed by atoms with Crippen LogP contribution in [0.5, 0.6) is 0 Å². The second-order valence-corrected chi connectivity index (χ2v) is 10.3. The molecule has 1 aliphatic rings. The van der Waals surface area contributed by atoms with Crippen molar-refractivity contribution in [1.82, 2.24) is 19.8 Å². The molecular formula is C21H29FN4O3S2. The van der Waals surface area contributed by atoms with Gasteiger partial charge in [0.1, 0.15) is 5.82 Å². The summed E-state index contributed by atoms with van der Waals surface area (Å²) in [6.45, 7) is 5.22. The first-order valence-corrected chi connectivity index (χ1v) is 12.3. The van der Waals surface area contributed by atoms with E-state index in [0.717, 1.165) is 18.5 Å². The van der Waals surface area contributed by atoms with E-state index in [1.165, 1.54) is 24.3 Å². The van der Waals surface area contributed by atoms with Crippen LogP contribution in [0.3, 0.4) is 0 Å². The third-order valence-electron chi connectivity index (χ3n) is 4.96. The molecule has 2 aromatic rings. The average molecular weight is 469 g/mol. The summed E-state index contributed by atoms with van der Waals surface area (Å²) >= 11 is 5.59. The van der Waals surface area contributed by atoms with E-state index in [2.05, 4.69) is 15.2 Å². The highest BCUT2D eigenvalue weighted by molar-refractivity contribution is 7.90. The Hall–Kier alpha value is -2.04. The number of sulfone groups is 1. The van der Waals surface area contributed by atoms with E-state index >= 15 is 0 Å². The maximum atomic E-state index is 13.2. The molecule has 1 aliphatic carbocycles. The fourth-order valence-corrected chi connectivity index (χ4v) is 5.28. The van der Waals surface area contributed by atoms with Crippen LogP contribution in [-0.4, -0.2) is 53.8 Å². The van der Waals surface area contributed by atoms with Gasteiger partial charge in [-0.05, 0) is 56.6 Å². The van der Waals surface area contributed by atoms with Crippen molar-refractivity contribution in [3.8, 4) is 0 Å². The van der Waals surface area contributed by atoms with Gasteiger partial charge in [-0.1, -0.05) is 12.1 Å². The number of halogens is 1. The number of imidazole rings is 1. The van der Waals surface area contributed by atoms with Crippen molar-refractivity contribution in [3.63, 3.8) is 0 Å². The number of thiocarbonyl (C=S) groups is 1. The maximum absolute atomic E-state index is 13.2. The molecule has 0 atom stereocenters. The molecule has 31 heavy (non-hydrogen) atoms. The van der Waals surface area contributed by atoms with Gasteiger partial charge in [-0.3, -0.25) is 0 Å². The van der Waals surface area contributed by atoms with Gasteiger partial charge in [-0.2, -0.15) is 0 Å². The minimum Gasteiger partial charge on any atom is -0.383 e. The van der Waals surface area contributed by atoms with Gasteiger partial charge in [-0.15, -0.1) is 0 Å². The summed E-state index contributed by atoms with van der Waals surface area (Å²) in [5.74, 6) is -0.660. The first kappa shape index (κ1) is 23.6. The van der Waals surface area contributed by atoms with E-state index in [-0.39, 0.29) is 17.0 Å². The molecule has 0 bridgehead atoms. The molecule has 0 spiro atoms. The number of ether oxygens (including phenoxy) is 1. The van der Waals surface area contributed by atoms with E-state index < -0.39 is 15.7 Å². The van der Waals surface area contributed by atoms with Crippen molar-refractivity contribution >= 4 is 27.2 Å². The summed E-state index contributed by atoms with van der Waals surface area (Å²) < 4.78 is 46.3. The van der Waals surface area contributed by atoms with Crippen LogP contribution in [0.2, 0.25) is 0 Å². The van der Waals surface area contributed by atoms with Gasteiger partial charge in [0.25, 0.3) is 0 Å². The van der Waals surface area contributed by atoms with Gasteiger partial charge in [0.2, 0.25) is 15.0 Å². The van der Waals surface area contributed by atoms with E-state index in [4.69, 9.17) is 17.0 Å². The number of benzene rings is 1. The fraction of sp³-hybridized carbons (Fsp3) is 0.524. The first-order chi connectivity index (χ1) is 14.7. The predicted molar refractivity (Wildman–Crippen MR) is 121 cm³/mol. The van der Waals surface area contributed by atoms with Gasteiger partial charge in [0.05, 0.1) is 30.8 Å². The molecular weight excluding hydrogens is 439 g/mol. The summed E-state index contributed by atoms with van der Waals surface area (Å²) in [6, 6.07) is 6.01. The number of rotatable bonds is 10. The van der Waals surface area contributed by atoms with Crippen LogP contribution < -0.4 is 5.32 Å². The van der Waals surface area contributed by atoms with Gasteiger partial charge >= 0.3 is 0 Å². The van der Waals surface area contributed by atoms with Crippen LogP contribution in [-0.2, 0) is 33.4 Å². The lowest BCUT2D eigenvalue weighted by Gasteiger charge is -2.27. The summed E-state index contributed by atoms with van der Waals surface area (Å²) in [5, 5.41) is 3.92. The van der Waals surface area contributed by atoms with Crippen LogP contribution in [0.25, 0.3) is 0 Å². The Morgan fingerprint density at radius 3 is 2.61 bits per heavy atom. The molecule has 0 radical (unpaired) electrons. The highest BCUT2D eigenvalue weighted by Gasteiger charge is 2.33. The summed E-state index contributed by atoms with van der Waals surface area (Å²) in [6.07, 6.45) is 3.71.